The van der Waals surface area contributed by atoms with Gasteiger partial charge in [0.05, 0.1) is 6.61 Å². The van der Waals surface area contributed by atoms with Crippen LogP contribution in [0, 0.1) is 0 Å². The number of alkyl halides is 1. The van der Waals surface area contributed by atoms with Gasteiger partial charge in [0.15, 0.2) is 0 Å². The molecule has 0 radical (unpaired) electrons. The smallest absolute Gasteiger partial charge is 0.0682 e. The van der Waals surface area contributed by atoms with Crippen LogP contribution in [0.3, 0.4) is 0 Å². The molecule has 2 aromatic carbocycles. The Hall–Kier alpha value is -3.01. The summed E-state index contributed by atoms with van der Waals surface area (Å²) >= 11 is 5.77. The summed E-state index contributed by atoms with van der Waals surface area (Å²) < 4.78 is 0. The number of aliphatic hydroxyl groups is 1. The van der Waals surface area contributed by atoms with Crippen LogP contribution < -0.4 is 0 Å². The molecule has 2 aromatic heterocycles. The van der Waals surface area contributed by atoms with Gasteiger partial charge in [-0.15, -0.1) is 11.6 Å². The standard InChI is InChI=1S/C12H10ClN.C12H11NO/c13-9-10-2-1-3-12(8-10)11-4-6-14-7-5-11;14-9-10-2-1-3-12(8-10)11-4-6-13-7-5-11/h1-8H,9H2;1-8,14H,9H2. The average Bonchev–Trinajstić information content (AvgIpc) is 2.81. The maximum absolute atomic E-state index is 9.00. The number of halogens is 1. The highest BCUT2D eigenvalue weighted by Gasteiger charge is 1.98. The second-order valence-electron chi connectivity index (χ2n) is 6.16. The zero-order chi connectivity index (χ0) is 19.6. The van der Waals surface area contributed by atoms with Crippen molar-refractivity contribution in [2.45, 2.75) is 12.5 Å². The number of aromatic nitrogens is 2. The fourth-order valence-electron chi connectivity index (χ4n) is 2.77. The van der Waals surface area contributed by atoms with Gasteiger partial charge in [0.25, 0.3) is 0 Å². The summed E-state index contributed by atoms with van der Waals surface area (Å²) in [5, 5.41) is 9.00. The number of nitrogens with zero attached hydrogens (tertiary/aromatic N) is 2. The SMILES string of the molecule is ClCc1cccc(-c2ccncc2)c1.OCc1cccc(-c2ccncc2)c1. The van der Waals surface area contributed by atoms with E-state index in [2.05, 4.69) is 22.1 Å². The number of rotatable bonds is 4. The van der Waals surface area contributed by atoms with Gasteiger partial charge in [0.2, 0.25) is 0 Å². The minimum Gasteiger partial charge on any atom is -0.392 e. The Labute approximate surface area is 170 Å². The Morgan fingerprint density at radius 1 is 0.607 bits per heavy atom. The van der Waals surface area contributed by atoms with E-state index in [0.717, 1.165) is 22.3 Å². The molecule has 0 aliphatic heterocycles. The van der Waals surface area contributed by atoms with Crippen molar-refractivity contribution in [2.24, 2.45) is 0 Å². The first-order valence-corrected chi connectivity index (χ1v) is 9.49. The van der Waals surface area contributed by atoms with Crippen LogP contribution in [-0.2, 0) is 12.5 Å². The molecule has 4 aromatic rings. The molecule has 0 bridgehead atoms. The van der Waals surface area contributed by atoms with Gasteiger partial charge < -0.3 is 5.11 Å². The average molecular weight is 389 g/mol. The van der Waals surface area contributed by atoms with Crippen LogP contribution >= 0.6 is 11.6 Å². The van der Waals surface area contributed by atoms with Crippen LogP contribution in [0.25, 0.3) is 22.3 Å². The van der Waals surface area contributed by atoms with Crippen LogP contribution in [0.5, 0.6) is 0 Å². The number of benzene rings is 2. The van der Waals surface area contributed by atoms with Crippen LogP contribution in [0.15, 0.2) is 97.6 Å². The molecule has 0 aliphatic carbocycles. The zero-order valence-corrected chi connectivity index (χ0v) is 16.1. The number of hydrogen-bond donors (Lipinski definition) is 1. The summed E-state index contributed by atoms with van der Waals surface area (Å²) in [4.78, 5) is 7.95. The van der Waals surface area contributed by atoms with E-state index in [0.29, 0.717) is 5.88 Å². The molecule has 0 atom stereocenters. The van der Waals surface area contributed by atoms with Crippen molar-refractivity contribution in [3.05, 3.63) is 109 Å². The van der Waals surface area contributed by atoms with Gasteiger partial charge in [-0.3, -0.25) is 9.97 Å². The van der Waals surface area contributed by atoms with Gasteiger partial charge in [0, 0.05) is 30.7 Å². The summed E-state index contributed by atoms with van der Waals surface area (Å²) in [6.07, 6.45) is 7.12. The van der Waals surface area contributed by atoms with E-state index < -0.39 is 0 Å². The van der Waals surface area contributed by atoms with Crippen LogP contribution in [0.4, 0.5) is 0 Å². The fourth-order valence-corrected chi connectivity index (χ4v) is 2.94. The maximum Gasteiger partial charge on any atom is 0.0682 e. The van der Waals surface area contributed by atoms with E-state index in [1.807, 2.05) is 60.7 Å². The zero-order valence-electron chi connectivity index (χ0n) is 15.4. The largest absolute Gasteiger partial charge is 0.392 e. The summed E-state index contributed by atoms with van der Waals surface area (Å²) in [7, 11) is 0. The van der Waals surface area contributed by atoms with E-state index in [4.69, 9.17) is 16.7 Å². The first kappa shape index (κ1) is 19.7. The molecular weight excluding hydrogens is 368 g/mol. The summed E-state index contributed by atoms with van der Waals surface area (Å²) in [6, 6.07) is 24.0. The predicted molar refractivity (Wildman–Crippen MR) is 115 cm³/mol. The first-order chi connectivity index (χ1) is 13.8. The first-order valence-electron chi connectivity index (χ1n) is 8.95. The highest BCUT2D eigenvalue weighted by molar-refractivity contribution is 6.17. The van der Waals surface area contributed by atoms with Gasteiger partial charge >= 0.3 is 0 Å². The lowest BCUT2D eigenvalue weighted by Crippen LogP contribution is -1.84. The number of pyridine rings is 2. The summed E-state index contributed by atoms with van der Waals surface area (Å²) in [5.41, 5.74) is 6.66. The van der Waals surface area contributed by atoms with E-state index in [1.54, 1.807) is 24.8 Å². The molecule has 4 heteroatoms. The van der Waals surface area contributed by atoms with Crippen molar-refractivity contribution in [1.29, 1.82) is 0 Å². The molecule has 0 unspecified atom stereocenters. The van der Waals surface area contributed by atoms with Gasteiger partial charge in [-0.1, -0.05) is 36.4 Å². The predicted octanol–water partition coefficient (Wildman–Crippen LogP) is 5.73. The molecule has 3 nitrogen and oxygen atoms in total. The van der Waals surface area contributed by atoms with E-state index in [9.17, 15) is 0 Å². The lowest BCUT2D eigenvalue weighted by molar-refractivity contribution is 0.282. The molecule has 0 saturated carbocycles. The van der Waals surface area contributed by atoms with E-state index >= 15 is 0 Å². The van der Waals surface area contributed by atoms with Crippen molar-refractivity contribution in [2.75, 3.05) is 0 Å². The molecule has 2 heterocycles. The molecule has 0 fully saturated rings. The highest BCUT2D eigenvalue weighted by Crippen LogP contribution is 2.20. The topological polar surface area (TPSA) is 46.0 Å². The Bertz CT molecular complexity index is 908. The fraction of sp³-hybridized carbons (Fsp3) is 0.0833. The molecule has 0 amide bonds. The third kappa shape index (κ3) is 5.49. The quantitative estimate of drug-likeness (QED) is 0.454. The number of hydrogen-bond acceptors (Lipinski definition) is 3. The third-order valence-electron chi connectivity index (χ3n) is 4.22. The Kier molecular flexibility index (Phi) is 7.30. The lowest BCUT2D eigenvalue weighted by atomic mass is 10.0. The molecule has 0 spiro atoms. The van der Waals surface area contributed by atoms with Crippen molar-refractivity contribution in [3.63, 3.8) is 0 Å². The van der Waals surface area contributed by atoms with Crippen LogP contribution in [-0.4, -0.2) is 15.1 Å². The van der Waals surface area contributed by atoms with E-state index in [-0.39, 0.29) is 6.61 Å². The molecule has 0 aliphatic rings. The summed E-state index contributed by atoms with van der Waals surface area (Å²) in [5.74, 6) is 0.554. The second kappa shape index (κ2) is 10.4. The molecule has 0 saturated heterocycles. The van der Waals surface area contributed by atoms with Gasteiger partial charge in [-0.25, -0.2) is 0 Å². The summed E-state index contributed by atoms with van der Waals surface area (Å²) in [6.45, 7) is 0.0823. The van der Waals surface area contributed by atoms with Gasteiger partial charge in [-0.05, 0) is 69.8 Å². The van der Waals surface area contributed by atoms with Crippen molar-refractivity contribution in [3.8, 4) is 22.3 Å². The molecule has 140 valence electrons. The van der Waals surface area contributed by atoms with Gasteiger partial charge in [0.1, 0.15) is 0 Å². The molecule has 1 N–H and O–H groups in total. The molecule has 28 heavy (non-hydrogen) atoms. The van der Waals surface area contributed by atoms with Gasteiger partial charge in [-0.2, -0.15) is 0 Å². The Balaban J connectivity index is 0.000000161. The monoisotopic (exact) mass is 388 g/mol. The maximum atomic E-state index is 9.00. The normalized spacial score (nSPS) is 10.1. The molecular formula is C24H21ClN2O. The minimum atomic E-state index is 0.0823. The van der Waals surface area contributed by atoms with Crippen molar-refractivity contribution < 1.29 is 5.11 Å². The van der Waals surface area contributed by atoms with Crippen molar-refractivity contribution in [1.82, 2.24) is 9.97 Å². The highest BCUT2D eigenvalue weighted by atomic mass is 35.5. The Morgan fingerprint density at radius 2 is 1.07 bits per heavy atom. The van der Waals surface area contributed by atoms with Crippen molar-refractivity contribution >= 4 is 11.6 Å². The molecule has 4 rings (SSSR count). The number of aliphatic hydroxyl groups excluding tert-OH is 1. The van der Waals surface area contributed by atoms with Crippen LogP contribution in [0.1, 0.15) is 11.1 Å². The lowest BCUT2D eigenvalue weighted by Gasteiger charge is -2.02. The van der Waals surface area contributed by atoms with Crippen LogP contribution in [0.2, 0.25) is 0 Å². The Morgan fingerprint density at radius 3 is 1.54 bits per heavy atom. The third-order valence-corrected chi connectivity index (χ3v) is 4.53. The van der Waals surface area contributed by atoms with E-state index in [1.165, 1.54) is 11.1 Å². The second-order valence-corrected chi connectivity index (χ2v) is 6.43. The minimum absolute atomic E-state index is 0.0823.